The van der Waals surface area contributed by atoms with Crippen LogP contribution in [0.2, 0.25) is 5.02 Å². The number of likely N-dealkylation sites (tertiary alicyclic amines) is 1. The summed E-state index contributed by atoms with van der Waals surface area (Å²) in [6, 6.07) is 5.13. The summed E-state index contributed by atoms with van der Waals surface area (Å²) in [7, 11) is 0. The number of carbonyl (C=O) groups is 2. The SMILES string of the molecule is O=C(O)NCC1Cc2cc(-c3ccc(C(=O)N4CC(F)(F)C4)c(F)c3F)cc(Cl)c2O1. The summed E-state index contributed by atoms with van der Waals surface area (Å²) >= 11 is 6.21. The number of hydrogen-bond donors (Lipinski definition) is 2. The van der Waals surface area contributed by atoms with Crippen molar-refractivity contribution in [1.82, 2.24) is 10.2 Å². The predicted octanol–water partition coefficient (Wildman–Crippen LogP) is 3.95. The summed E-state index contributed by atoms with van der Waals surface area (Å²) in [6.07, 6.45) is -1.41. The van der Waals surface area contributed by atoms with Crippen LogP contribution in [0.1, 0.15) is 15.9 Å². The number of nitrogens with zero attached hydrogens (tertiary/aromatic N) is 1. The Balaban J connectivity index is 1.59. The van der Waals surface area contributed by atoms with E-state index in [2.05, 4.69) is 5.32 Å². The normalized spacial score (nSPS) is 18.7. The van der Waals surface area contributed by atoms with E-state index >= 15 is 0 Å². The first-order valence-electron chi connectivity index (χ1n) is 9.17. The second-order valence-corrected chi connectivity index (χ2v) is 7.79. The van der Waals surface area contributed by atoms with Crippen LogP contribution in [-0.4, -0.2) is 53.7 Å². The average Bonchev–Trinajstić information content (AvgIpc) is 3.09. The van der Waals surface area contributed by atoms with Crippen molar-refractivity contribution in [3.05, 3.63) is 52.0 Å². The monoisotopic (exact) mass is 458 g/mol. The van der Waals surface area contributed by atoms with Gasteiger partial charge in [0.25, 0.3) is 11.8 Å². The highest BCUT2D eigenvalue weighted by Gasteiger charge is 2.47. The first-order chi connectivity index (χ1) is 14.6. The number of halogens is 5. The van der Waals surface area contributed by atoms with Crippen LogP contribution >= 0.6 is 11.6 Å². The van der Waals surface area contributed by atoms with Crippen molar-refractivity contribution >= 4 is 23.6 Å². The summed E-state index contributed by atoms with van der Waals surface area (Å²) in [5.41, 5.74) is 0.0134. The van der Waals surface area contributed by atoms with Crippen molar-refractivity contribution in [1.29, 1.82) is 0 Å². The second kappa shape index (κ2) is 7.60. The van der Waals surface area contributed by atoms with Gasteiger partial charge in [-0.2, -0.15) is 0 Å². The molecule has 31 heavy (non-hydrogen) atoms. The third-order valence-electron chi connectivity index (χ3n) is 5.09. The summed E-state index contributed by atoms with van der Waals surface area (Å²) in [5.74, 6) is -6.45. The molecule has 2 aromatic rings. The van der Waals surface area contributed by atoms with Crippen LogP contribution in [-0.2, 0) is 6.42 Å². The van der Waals surface area contributed by atoms with E-state index in [0.717, 1.165) is 11.0 Å². The Hall–Kier alpha value is -3.01. The zero-order valence-corrected chi connectivity index (χ0v) is 16.5. The van der Waals surface area contributed by atoms with Crippen LogP contribution in [0.25, 0.3) is 11.1 Å². The Bertz CT molecular complexity index is 1090. The van der Waals surface area contributed by atoms with Crippen molar-refractivity contribution in [2.24, 2.45) is 0 Å². The van der Waals surface area contributed by atoms with Gasteiger partial charge in [-0.05, 0) is 23.8 Å². The molecule has 0 aromatic heterocycles. The number of hydrogen-bond acceptors (Lipinski definition) is 3. The molecule has 2 N–H and O–H groups in total. The van der Waals surface area contributed by atoms with Gasteiger partial charge in [-0.25, -0.2) is 22.4 Å². The van der Waals surface area contributed by atoms with Crippen LogP contribution < -0.4 is 10.1 Å². The fraction of sp³-hybridized carbons (Fsp3) is 0.300. The summed E-state index contributed by atoms with van der Waals surface area (Å²) < 4.78 is 60.9. The number of benzene rings is 2. The lowest BCUT2D eigenvalue weighted by Gasteiger charge is -2.38. The molecule has 0 aliphatic carbocycles. The minimum Gasteiger partial charge on any atom is -0.486 e. The Morgan fingerprint density at radius 2 is 1.94 bits per heavy atom. The number of amides is 2. The maximum Gasteiger partial charge on any atom is 0.404 e. The Morgan fingerprint density at radius 1 is 1.23 bits per heavy atom. The number of carbonyl (C=O) groups excluding carboxylic acids is 1. The van der Waals surface area contributed by atoms with E-state index in [1.807, 2.05) is 0 Å². The molecule has 1 saturated heterocycles. The van der Waals surface area contributed by atoms with Crippen LogP contribution in [0.3, 0.4) is 0 Å². The van der Waals surface area contributed by atoms with Gasteiger partial charge in [0.05, 0.1) is 30.2 Å². The zero-order valence-electron chi connectivity index (χ0n) is 15.7. The van der Waals surface area contributed by atoms with Crippen molar-refractivity contribution in [3.8, 4) is 16.9 Å². The van der Waals surface area contributed by atoms with Gasteiger partial charge in [0, 0.05) is 17.5 Å². The maximum absolute atomic E-state index is 14.8. The first kappa shape index (κ1) is 21.2. The third-order valence-corrected chi connectivity index (χ3v) is 5.37. The molecular formula is C20H15ClF4N2O4. The maximum atomic E-state index is 14.8. The summed E-state index contributed by atoms with van der Waals surface area (Å²) in [4.78, 5) is 23.6. The minimum absolute atomic E-state index is 0.0189. The van der Waals surface area contributed by atoms with Gasteiger partial charge in [-0.1, -0.05) is 17.7 Å². The molecule has 2 aliphatic heterocycles. The van der Waals surface area contributed by atoms with E-state index in [-0.39, 0.29) is 22.7 Å². The molecule has 2 amide bonds. The molecule has 6 nitrogen and oxygen atoms in total. The number of nitrogens with one attached hydrogen (secondary N) is 1. The molecule has 0 spiro atoms. The molecule has 1 fully saturated rings. The molecule has 11 heteroatoms. The standard InChI is InChI=1S/C20H15ClF4N2O4/c21-14-5-9(3-10-4-11(31-17(10)14)6-26-19(29)30)12-1-2-13(16(23)15(12)22)18(28)27-7-20(24,25)8-27/h1-3,5,11,26H,4,6-8H2,(H,29,30). The van der Waals surface area contributed by atoms with Gasteiger partial charge in [0.15, 0.2) is 11.6 Å². The fourth-order valence-corrected chi connectivity index (χ4v) is 3.91. The Morgan fingerprint density at radius 3 is 2.58 bits per heavy atom. The zero-order chi connectivity index (χ0) is 22.5. The Kier molecular flexibility index (Phi) is 5.20. The molecule has 2 aromatic carbocycles. The van der Waals surface area contributed by atoms with Gasteiger partial charge in [-0.3, -0.25) is 4.79 Å². The molecule has 0 saturated carbocycles. The fourth-order valence-electron chi connectivity index (χ4n) is 3.62. The lowest BCUT2D eigenvalue weighted by molar-refractivity contribution is -0.113. The smallest absolute Gasteiger partial charge is 0.404 e. The number of carboxylic acid groups (broad SMARTS) is 1. The molecule has 1 unspecified atom stereocenters. The van der Waals surface area contributed by atoms with E-state index in [0.29, 0.717) is 17.7 Å². The number of rotatable bonds is 4. The summed E-state index contributed by atoms with van der Waals surface area (Å²) in [5, 5.41) is 11.0. The van der Waals surface area contributed by atoms with Crippen LogP contribution in [0.5, 0.6) is 5.75 Å². The van der Waals surface area contributed by atoms with E-state index in [1.54, 1.807) is 0 Å². The third kappa shape index (κ3) is 3.99. The van der Waals surface area contributed by atoms with Crippen LogP contribution in [0.4, 0.5) is 22.4 Å². The molecule has 0 bridgehead atoms. The number of alkyl halides is 2. The quantitative estimate of drug-likeness (QED) is 0.680. The highest BCUT2D eigenvalue weighted by atomic mass is 35.5. The average molecular weight is 459 g/mol. The molecule has 4 rings (SSSR count). The van der Waals surface area contributed by atoms with Crippen molar-refractivity contribution < 1.29 is 37.0 Å². The molecule has 0 radical (unpaired) electrons. The molecular weight excluding hydrogens is 444 g/mol. The van der Waals surface area contributed by atoms with E-state index in [4.69, 9.17) is 21.4 Å². The largest absolute Gasteiger partial charge is 0.486 e. The van der Waals surface area contributed by atoms with Gasteiger partial charge in [0.1, 0.15) is 11.9 Å². The van der Waals surface area contributed by atoms with Crippen molar-refractivity contribution in [3.63, 3.8) is 0 Å². The highest BCUT2D eigenvalue weighted by molar-refractivity contribution is 6.32. The Labute approximate surface area is 178 Å². The van der Waals surface area contributed by atoms with E-state index in [9.17, 15) is 27.2 Å². The van der Waals surface area contributed by atoms with E-state index < -0.39 is 54.3 Å². The minimum atomic E-state index is -3.02. The lowest BCUT2D eigenvalue weighted by atomic mass is 9.98. The molecule has 2 aliphatic rings. The second-order valence-electron chi connectivity index (χ2n) is 7.38. The first-order valence-corrected chi connectivity index (χ1v) is 9.55. The molecule has 1 atom stereocenters. The predicted molar refractivity (Wildman–Crippen MR) is 102 cm³/mol. The van der Waals surface area contributed by atoms with Gasteiger partial charge in [-0.15, -0.1) is 0 Å². The van der Waals surface area contributed by atoms with Crippen LogP contribution in [0, 0.1) is 11.6 Å². The van der Waals surface area contributed by atoms with E-state index in [1.165, 1.54) is 18.2 Å². The molecule has 2 heterocycles. The van der Waals surface area contributed by atoms with Crippen molar-refractivity contribution in [2.75, 3.05) is 19.6 Å². The van der Waals surface area contributed by atoms with Crippen molar-refractivity contribution in [2.45, 2.75) is 18.4 Å². The number of fused-ring (bicyclic) bond motifs is 1. The lowest BCUT2D eigenvalue weighted by Crippen LogP contribution is -2.58. The van der Waals surface area contributed by atoms with Gasteiger partial charge in [0.2, 0.25) is 0 Å². The number of ether oxygens (including phenoxy) is 1. The summed E-state index contributed by atoms with van der Waals surface area (Å²) in [6.45, 7) is -1.66. The highest BCUT2D eigenvalue weighted by Crippen LogP contribution is 2.40. The topological polar surface area (TPSA) is 78.9 Å². The van der Waals surface area contributed by atoms with Gasteiger partial charge >= 0.3 is 6.09 Å². The molecule has 164 valence electrons. The van der Waals surface area contributed by atoms with Crippen LogP contribution in [0.15, 0.2) is 24.3 Å². The van der Waals surface area contributed by atoms with Gasteiger partial charge < -0.3 is 20.1 Å².